The number of nitrogens with two attached hydrogens (primary N) is 1. The van der Waals surface area contributed by atoms with Crippen LogP contribution in [0.3, 0.4) is 0 Å². The van der Waals surface area contributed by atoms with Crippen LogP contribution in [-0.4, -0.2) is 30.7 Å². The number of benzene rings is 2. The number of rotatable bonds is 8. The highest BCUT2D eigenvalue weighted by Crippen LogP contribution is 2.30. The summed E-state index contributed by atoms with van der Waals surface area (Å²) in [5, 5.41) is 6.33. The second kappa shape index (κ2) is 10.9. The summed E-state index contributed by atoms with van der Waals surface area (Å²) in [6, 6.07) is 15.3. The molecular weight excluding hydrogens is 521 g/mol. The molecule has 0 spiro atoms. The van der Waals surface area contributed by atoms with Crippen molar-refractivity contribution in [1.82, 2.24) is 24.9 Å². The van der Waals surface area contributed by atoms with Crippen LogP contribution < -0.4 is 16.4 Å². The maximum absolute atomic E-state index is 13.1. The van der Waals surface area contributed by atoms with Crippen LogP contribution in [0.4, 0.5) is 36.4 Å². The topological polar surface area (TPSA) is 132 Å². The first-order valence-electron chi connectivity index (χ1n) is 12.2. The molecule has 0 bridgehead atoms. The quantitative estimate of drug-likeness (QED) is 0.217. The van der Waals surface area contributed by atoms with Crippen LogP contribution in [-0.2, 0) is 19.1 Å². The van der Waals surface area contributed by atoms with Crippen molar-refractivity contribution < 1.29 is 18.0 Å². The second-order valence-electron chi connectivity index (χ2n) is 8.98. The standard InChI is InChI=1S/C28H23F3N8O/c1-16-8-9-17(12-22(40)18-5-4-6-19(13-18)28(29,30)31)11-21(16)37-26-24-23(35-15-36-26)25(32)39-27(38-24)34-14-20-7-2-3-10-33-20/h2-11,13,15H,12,14H2,1H3,(H,35,36,37)(H3,32,34,38,39). The fourth-order valence-corrected chi connectivity index (χ4v) is 4.01. The van der Waals surface area contributed by atoms with E-state index in [1.807, 2.05) is 31.2 Å². The summed E-state index contributed by atoms with van der Waals surface area (Å²) in [6.07, 6.45) is -1.59. The lowest BCUT2D eigenvalue weighted by Crippen LogP contribution is -2.10. The molecule has 5 rings (SSSR count). The van der Waals surface area contributed by atoms with Crippen LogP contribution in [0.2, 0.25) is 0 Å². The maximum Gasteiger partial charge on any atom is 0.416 e. The summed E-state index contributed by atoms with van der Waals surface area (Å²) in [6.45, 7) is 2.25. The average Bonchev–Trinajstić information content (AvgIpc) is 2.94. The lowest BCUT2D eigenvalue weighted by Gasteiger charge is -2.13. The predicted octanol–water partition coefficient (Wildman–Crippen LogP) is 5.51. The number of hydrogen-bond donors (Lipinski definition) is 3. The predicted molar refractivity (Wildman–Crippen MR) is 145 cm³/mol. The average molecular weight is 545 g/mol. The highest BCUT2D eigenvalue weighted by molar-refractivity contribution is 5.98. The van der Waals surface area contributed by atoms with E-state index in [2.05, 4.69) is 35.6 Å². The molecule has 0 aliphatic carbocycles. The Balaban J connectivity index is 1.39. The SMILES string of the molecule is Cc1ccc(CC(=O)c2cccc(C(F)(F)F)c2)cc1Nc1ncnc2c(N)nc(NCc3ccccn3)nc12. The van der Waals surface area contributed by atoms with Gasteiger partial charge in [-0.15, -0.1) is 0 Å². The number of carbonyl (C=O) groups excluding carboxylic acids is 1. The molecular formula is C28H23F3N8O. The van der Waals surface area contributed by atoms with Gasteiger partial charge in [-0.2, -0.15) is 18.2 Å². The third-order valence-electron chi connectivity index (χ3n) is 6.09. The Morgan fingerprint density at radius 1 is 0.950 bits per heavy atom. The zero-order valence-corrected chi connectivity index (χ0v) is 21.2. The number of nitrogen functional groups attached to an aromatic ring is 1. The minimum absolute atomic E-state index is 0.00962. The summed E-state index contributed by atoms with van der Waals surface area (Å²) in [7, 11) is 0. The number of ketones is 1. The number of halogens is 3. The summed E-state index contributed by atoms with van der Waals surface area (Å²) >= 11 is 0. The number of aromatic nitrogens is 5. The summed E-state index contributed by atoms with van der Waals surface area (Å²) in [5.41, 5.74) is 8.90. The lowest BCUT2D eigenvalue weighted by molar-refractivity contribution is -0.137. The largest absolute Gasteiger partial charge is 0.416 e. The molecule has 3 heterocycles. The van der Waals surface area contributed by atoms with E-state index in [0.717, 1.165) is 23.4 Å². The van der Waals surface area contributed by atoms with E-state index in [0.29, 0.717) is 34.6 Å². The van der Waals surface area contributed by atoms with Crippen LogP contribution in [0, 0.1) is 6.92 Å². The Morgan fingerprint density at radius 3 is 2.58 bits per heavy atom. The molecule has 0 atom stereocenters. The first-order valence-corrected chi connectivity index (χ1v) is 12.2. The molecule has 0 unspecified atom stereocenters. The Labute approximate surface area is 226 Å². The van der Waals surface area contributed by atoms with Crippen LogP contribution in [0.5, 0.6) is 0 Å². The van der Waals surface area contributed by atoms with Gasteiger partial charge < -0.3 is 16.4 Å². The number of pyridine rings is 1. The first-order chi connectivity index (χ1) is 19.2. The van der Waals surface area contributed by atoms with Gasteiger partial charge in [-0.1, -0.05) is 30.3 Å². The van der Waals surface area contributed by atoms with E-state index in [9.17, 15) is 18.0 Å². The smallest absolute Gasteiger partial charge is 0.382 e. The zero-order chi connectivity index (χ0) is 28.3. The van der Waals surface area contributed by atoms with Gasteiger partial charge in [0, 0.05) is 23.9 Å². The van der Waals surface area contributed by atoms with E-state index in [-0.39, 0.29) is 23.8 Å². The Morgan fingerprint density at radius 2 is 1.80 bits per heavy atom. The molecule has 12 heteroatoms. The third kappa shape index (κ3) is 5.96. The highest BCUT2D eigenvalue weighted by atomic mass is 19.4. The number of fused-ring (bicyclic) bond motifs is 1. The zero-order valence-electron chi connectivity index (χ0n) is 21.2. The van der Waals surface area contributed by atoms with Crippen molar-refractivity contribution in [3.8, 4) is 0 Å². The number of alkyl halides is 3. The van der Waals surface area contributed by atoms with Gasteiger partial charge in [-0.05, 0) is 48.4 Å². The summed E-state index contributed by atoms with van der Waals surface area (Å²) < 4.78 is 39.3. The third-order valence-corrected chi connectivity index (χ3v) is 6.09. The number of nitrogens with zero attached hydrogens (tertiary/aromatic N) is 5. The van der Waals surface area contributed by atoms with E-state index < -0.39 is 17.5 Å². The van der Waals surface area contributed by atoms with Crippen LogP contribution >= 0.6 is 0 Å². The number of aryl methyl sites for hydroxylation is 1. The molecule has 40 heavy (non-hydrogen) atoms. The van der Waals surface area contributed by atoms with Crippen LogP contribution in [0.1, 0.15) is 32.7 Å². The molecule has 9 nitrogen and oxygen atoms in total. The number of hydrogen-bond acceptors (Lipinski definition) is 9. The molecule has 3 aromatic heterocycles. The number of carbonyl (C=O) groups is 1. The first kappa shape index (κ1) is 26.5. The van der Waals surface area contributed by atoms with Gasteiger partial charge in [0.2, 0.25) is 5.95 Å². The number of nitrogens with one attached hydrogen (secondary N) is 2. The Bertz CT molecular complexity index is 1690. The molecule has 0 aliphatic rings. The van der Waals surface area contributed by atoms with Crippen molar-refractivity contribution in [2.75, 3.05) is 16.4 Å². The maximum atomic E-state index is 13.1. The van der Waals surface area contributed by atoms with Crippen molar-refractivity contribution in [2.24, 2.45) is 0 Å². The van der Waals surface area contributed by atoms with Crippen molar-refractivity contribution in [3.63, 3.8) is 0 Å². The van der Waals surface area contributed by atoms with E-state index in [1.165, 1.54) is 18.5 Å². The molecule has 0 aliphatic heterocycles. The molecule has 0 saturated carbocycles. The molecule has 0 radical (unpaired) electrons. The Hall–Kier alpha value is -5.13. The van der Waals surface area contributed by atoms with E-state index >= 15 is 0 Å². The molecule has 2 aromatic carbocycles. The number of Topliss-reactive ketones (excluding diaryl/α,β-unsaturated/α-hetero) is 1. The van der Waals surface area contributed by atoms with Crippen molar-refractivity contribution in [3.05, 3.63) is 101 Å². The Kier molecular flexibility index (Phi) is 7.23. The minimum atomic E-state index is -4.53. The molecule has 4 N–H and O–H groups in total. The fraction of sp³-hybridized carbons (Fsp3) is 0.143. The summed E-state index contributed by atoms with van der Waals surface area (Å²) in [4.78, 5) is 34.5. The van der Waals surface area contributed by atoms with E-state index in [1.54, 1.807) is 18.3 Å². The molecule has 0 amide bonds. The van der Waals surface area contributed by atoms with Gasteiger partial charge in [-0.25, -0.2) is 15.0 Å². The minimum Gasteiger partial charge on any atom is -0.382 e. The van der Waals surface area contributed by atoms with Gasteiger partial charge in [0.1, 0.15) is 17.4 Å². The molecule has 5 aromatic rings. The van der Waals surface area contributed by atoms with Gasteiger partial charge in [0.25, 0.3) is 0 Å². The van der Waals surface area contributed by atoms with Gasteiger partial charge in [-0.3, -0.25) is 9.78 Å². The molecule has 0 saturated heterocycles. The second-order valence-corrected chi connectivity index (χ2v) is 8.98. The van der Waals surface area contributed by atoms with Crippen LogP contribution in [0.25, 0.3) is 11.0 Å². The monoisotopic (exact) mass is 544 g/mol. The van der Waals surface area contributed by atoms with E-state index in [4.69, 9.17) is 5.73 Å². The van der Waals surface area contributed by atoms with Gasteiger partial charge in [0.05, 0.1) is 17.8 Å². The lowest BCUT2D eigenvalue weighted by atomic mass is 9.99. The highest BCUT2D eigenvalue weighted by Gasteiger charge is 2.30. The van der Waals surface area contributed by atoms with Crippen LogP contribution in [0.15, 0.2) is 73.2 Å². The van der Waals surface area contributed by atoms with Gasteiger partial charge in [0.15, 0.2) is 17.4 Å². The fourth-order valence-electron chi connectivity index (χ4n) is 4.01. The molecule has 0 fully saturated rings. The normalized spacial score (nSPS) is 11.4. The number of anilines is 4. The molecule has 202 valence electrons. The van der Waals surface area contributed by atoms with Crippen molar-refractivity contribution >= 4 is 40.1 Å². The van der Waals surface area contributed by atoms with Crippen molar-refractivity contribution in [1.29, 1.82) is 0 Å². The summed E-state index contributed by atoms with van der Waals surface area (Å²) in [5.74, 6) is 0.365. The van der Waals surface area contributed by atoms with Gasteiger partial charge >= 0.3 is 6.18 Å². The van der Waals surface area contributed by atoms with Crippen molar-refractivity contribution in [2.45, 2.75) is 26.1 Å².